The molecule has 0 bridgehead atoms. The summed E-state index contributed by atoms with van der Waals surface area (Å²) in [6.07, 6.45) is 1.28. The Kier molecular flexibility index (Phi) is 9.15. The van der Waals surface area contributed by atoms with Crippen LogP contribution in [0.1, 0.15) is 49.2 Å². The summed E-state index contributed by atoms with van der Waals surface area (Å²) >= 11 is 0. The average Bonchev–Trinajstić information content (AvgIpc) is 2.61. The Balaban J connectivity index is 0.000000456. The number of cyclic esters (lactones) is 1. The fraction of sp³-hybridized carbons (Fsp3) is 0.261. The van der Waals surface area contributed by atoms with Gasteiger partial charge in [0, 0.05) is 25.8 Å². The molecule has 5 nitrogen and oxygen atoms in total. The van der Waals surface area contributed by atoms with E-state index < -0.39 is 5.60 Å². The summed E-state index contributed by atoms with van der Waals surface area (Å²) in [5.41, 5.74) is 2.28. The molecule has 2 aromatic rings. The first-order chi connectivity index (χ1) is 13.2. The number of aliphatic hydroxyl groups excluding tert-OH is 1. The summed E-state index contributed by atoms with van der Waals surface area (Å²) in [6.45, 7) is 7.18. The van der Waals surface area contributed by atoms with Crippen molar-refractivity contribution in [2.24, 2.45) is 4.99 Å². The van der Waals surface area contributed by atoms with Crippen LogP contribution >= 0.6 is 0 Å². The molecule has 2 N–H and O–H groups in total. The molecule has 0 amide bonds. The molecule has 0 aromatic heterocycles. The van der Waals surface area contributed by atoms with Crippen molar-refractivity contribution < 1.29 is 39.5 Å². The van der Waals surface area contributed by atoms with Gasteiger partial charge in [0.2, 0.25) is 0 Å². The summed E-state index contributed by atoms with van der Waals surface area (Å²) in [7, 11) is 0. The number of fused-ring (bicyclic) bond motifs is 1. The summed E-state index contributed by atoms with van der Waals surface area (Å²) in [5, 5.41) is 8.40. The standard InChI is InChI=1S/C18H16NO2.C5H8O2.Ir/c1-18(2)16(13-8-4-3-5-9-13)19-12-14-10-6-7-11-15(14)17(20)21-18;1-4(6)3-5(2)7;/h3-8,10-11H,12H2,1-2H3;3,6H,1-2H3;/q-1;;/p+1/b;4-3-;. The molecule has 6 heteroatoms. The van der Waals surface area contributed by atoms with Gasteiger partial charge in [0.1, 0.15) is 5.60 Å². The predicted octanol–water partition coefficient (Wildman–Crippen LogP) is 4.44. The second-order valence-corrected chi connectivity index (χ2v) is 6.93. The third-order valence-electron chi connectivity index (χ3n) is 3.94. The number of aliphatic imine (C=N–C) groups is 1. The molecule has 0 aliphatic carbocycles. The van der Waals surface area contributed by atoms with Crippen LogP contribution in [-0.2, 0) is 31.4 Å². The minimum atomic E-state index is -0.789. The van der Waals surface area contributed by atoms with Gasteiger partial charge in [0.05, 0.1) is 30.9 Å². The van der Waals surface area contributed by atoms with Crippen LogP contribution in [0.2, 0.25) is 0 Å². The van der Waals surface area contributed by atoms with Crippen LogP contribution < -0.4 is 0 Å². The predicted molar refractivity (Wildman–Crippen MR) is 110 cm³/mol. The second kappa shape index (κ2) is 10.8. The Hall–Kier alpha value is -2.56. The summed E-state index contributed by atoms with van der Waals surface area (Å²) < 4.78 is 5.68. The van der Waals surface area contributed by atoms with E-state index in [4.69, 9.17) is 19.6 Å². The number of rotatable bonds is 2. The van der Waals surface area contributed by atoms with E-state index in [0.717, 1.165) is 16.8 Å². The van der Waals surface area contributed by atoms with Gasteiger partial charge in [-0.3, -0.25) is 4.79 Å². The van der Waals surface area contributed by atoms with E-state index in [1.54, 1.807) is 6.07 Å². The van der Waals surface area contributed by atoms with Crippen LogP contribution in [0.15, 0.2) is 65.4 Å². The fourth-order valence-electron chi connectivity index (χ4n) is 2.80. The van der Waals surface area contributed by atoms with Gasteiger partial charge in [0.25, 0.3) is 0 Å². The van der Waals surface area contributed by atoms with Crippen molar-refractivity contribution in [2.75, 3.05) is 0 Å². The normalized spacial score (nSPS) is 15.1. The van der Waals surface area contributed by atoms with Crippen molar-refractivity contribution in [2.45, 2.75) is 39.8 Å². The zero-order valence-electron chi connectivity index (χ0n) is 16.9. The number of carbonyl (C=O) groups excluding carboxylic acids is 2. The van der Waals surface area contributed by atoms with Crippen LogP contribution in [-0.4, -0.2) is 33.0 Å². The molecule has 1 heterocycles. The van der Waals surface area contributed by atoms with Gasteiger partial charge in [-0.2, -0.15) is 0 Å². The maximum absolute atomic E-state index is 12.4. The zero-order chi connectivity index (χ0) is 20.7. The first-order valence-electron chi connectivity index (χ1n) is 8.94. The van der Waals surface area contributed by atoms with E-state index >= 15 is 0 Å². The molecule has 1 aliphatic rings. The van der Waals surface area contributed by atoms with Crippen molar-refractivity contribution in [1.82, 2.24) is 0 Å². The van der Waals surface area contributed by atoms with Gasteiger partial charge in [-0.1, -0.05) is 18.2 Å². The molecule has 1 radical (unpaired) electrons. The second-order valence-electron chi connectivity index (χ2n) is 6.93. The number of aliphatic hydroxyl groups is 1. The van der Waals surface area contributed by atoms with Crippen LogP contribution in [0, 0.1) is 6.07 Å². The van der Waals surface area contributed by atoms with Gasteiger partial charge in [-0.05, 0) is 32.4 Å². The van der Waals surface area contributed by atoms with Crippen LogP contribution in [0.3, 0.4) is 0 Å². The van der Waals surface area contributed by atoms with Crippen LogP contribution in [0.5, 0.6) is 0 Å². The van der Waals surface area contributed by atoms with Gasteiger partial charge < -0.3 is 14.8 Å². The molecule has 0 saturated carbocycles. The number of hydrogen-bond acceptors (Lipinski definition) is 4. The third kappa shape index (κ3) is 7.08. The smallest absolute Gasteiger partial charge is 0.338 e. The number of allylic oxidation sites excluding steroid dienone is 2. The van der Waals surface area contributed by atoms with Crippen molar-refractivity contribution >= 4 is 17.5 Å². The number of esters is 1. The Bertz CT molecular complexity index is 913. The molecule has 3 rings (SSSR count). The first kappa shape index (κ1) is 24.5. The van der Waals surface area contributed by atoms with Gasteiger partial charge >= 0.3 is 11.8 Å². The van der Waals surface area contributed by atoms with Crippen molar-refractivity contribution in [1.29, 1.82) is 0 Å². The molecule has 0 unspecified atom stereocenters. The topological polar surface area (TPSA) is 80.3 Å². The quantitative estimate of drug-likeness (QED) is 0.190. The number of benzene rings is 2. The van der Waals surface area contributed by atoms with Gasteiger partial charge in [-0.25, -0.2) is 4.79 Å². The van der Waals surface area contributed by atoms with E-state index in [-0.39, 0.29) is 37.6 Å². The Morgan fingerprint density at radius 1 is 1.21 bits per heavy atom. The maximum Gasteiger partial charge on any atom is 0.338 e. The van der Waals surface area contributed by atoms with E-state index in [1.807, 2.05) is 56.3 Å². The zero-order valence-corrected chi connectivity index (χ0v) is 19.3. The van der Waals surface area contributed by atoms with E-state index in [9.17, 15) is 4.79 Å². The van der Waals surface area contributed by atoms with E-state index in [2.05, 4.69) is 6.07 Å². The summed E-state index contributed by atoms with van der Waals surface area (Å²) in [4.78, 5) is 25.5. The average molecular weight is 572 g/mol. The van der Waals surface area contributed by atoms with Crippen molar-refractivity contribution in [3.8, 4) is 0 Å². The molecular formula is C23H25IrNO4. The number of ketones is 1. The molecule has 29 heavy (non-hydrogen) atoms. The van der Waals surface area contributed by atoms with Gasteiger partial charge in [0.15, 0.2) is 0 Å². The fourth-order valence-corrected chi connectivity index (χ4v) is 2.80. The molecule has 0 fully saturated rings. The molecule has 1 aliphatic heterocycles. The Labute approximate surface area is 184 Å². The maximum atomic E-state index is 12.4. The molecule has 0 atom stereocenters. The summed E-state index contributed by atoms with van der Waals surface area (Å²) in [6, 6.07) is 18.2. The summed E-state index contributed by atoms with van der Waals surface area (Å²) in [5.74, 6) is -0.0565. The van der Waals surface area contributed by atoms with Crippen molar-refractivity contribution in [3.63, 3.8) is 0 Å². The molecule has 0 spiro atoms. The number of hydrogen-bond donors (Lipinski definition) is 1. The minimum absolute atomic E-state index is 0. The third-order valence-corrected chi connectivity index (χ3v) is 3.94. The molecule has 0 saturated heterocycles. The first-order valence-corrected chi connectivity index (χ1v) is 8.94. The monoisotopic (exact) mass is 572 g/mol. The van der Waals surface area contributed by atoms with E-state index in [0.29, 0.717) is 12.1 Å². The van der Waals surface area contributed by atoms with Crippen molar-refractivity contribution in [3.05, 3.63) is 83.1 Å². The molecular weight excluding hydrogens is 546 g/mol. The SMILES string of the molecule is CC(=[OH+])/C=C(/C)O.CC1(C)OC(=O)c2ccccc2CN=C1c1[c-]cccc1.[Ir]. The largest absolute Gasteiger partial charge is 0.512 e. The van der Waals surface area contributed by atoms with E-state index in [1.165, 1.54) is 19.9 Å². The van der Waals surface area contributed by atoms with Gasteiger partial charge in [-0.15, -0.1) is 35.9 Å². The number of ether oxygens (including phenoxy) is 1. The number of nitrogens with zero attached hydrogens (tertiary/aromatic N) is 1. The minimum Gasteiger partial charge on any atom is -0.512 e. The molecule has 155 valence electrons. The Morgan fingerprint density at radius 2 is 1.86 bits per heavy atom. The number of carbonyl (C=O) groups is 1. The van der Waals surface area contributed by atoms with Crippen LogP contribution in [0.25, 0.3) is 0 Å². The Morgan fingerprint density at radius 3 is 2.41 bits per heavy atom. The van der Waals surface area contributed by atoms with Crippen LogP contribution in [0.4, 0.5) is 0 Å². The molecule has 2 aromatic carbocycles.